The number of Topliss-reactive ketones (excluding diaryl/α,β-unsaturated/α-hetero) is 1. The summed E-state index contributed by atoms with van der Waals surface area (Å²) in [6, 6.07) is 6.49. The van der Waals surface area contributed by atoms with Gasteiger partial charge in [0.1, 0.15) is 11.6 Å². The van der Waals surface area contributed by atoms with Gasteiger partial charge in [0.25, 0.3) is 5.91 Å². The number of pyridine rings is 1. The third-order valence-electron chi connectivity index (χ3n) is 5.73. The molecule has 2 aliphatic rings. The van der Waals surface area contributed by atoms with Crippen LogP contribution < -0.4 is 5.32 Å². The van der Waals surface area contributed by atoms with E-state index < -0.39 is 41.7 Å². The molecule has 1 aromatic heterocycles. The molecule has 2 unspecified atom stereocenters. The molecule has 1 aromatic carbocycles. The largest absolute Gasteiger partial charge is 0.336 e. The number of hydrogen-bond acceptors (Lipinski definition) is 7. The summed E-state index contributed by atoms with van der Waals surface area (Å²) in [7, 11) is 1.48. The minimum atomic E-state index is -1.02. The molecule has 0 aliphatic carbocycles. The first kappa shape index (κ1) is 23.9. The fourth-order valence-corrected chi connectivity index (χ4v) is 4.05. The number of ketones is 1. The molecule has 1 N–H and O–H groups in total. The summed E-state index contributed by atoms with van der Waals surface area (Å²) in [4.78, 5) is 62.2. The highest BCUT2D eigenvalue weighted by atomic mass is 19.2. The summed E-state index contributed by atoms with van der Waals surface area (Å²) >= 11 is 0. The van der Waals surface area contributed by atoms with Gasteiger partial charge in [-0.2, -0.15) is 0 Å². The summed E-state index contributed by atoms with van der Waals surface area (Å²) in [6.45, 7) is 2.25. The lowest BCUT2D eigenvalue weighted by molar-refractivity contribution is -0.140. The molecule has 12 heteroatoms. The molecular formula is C23H22F2N6O4. The molecule has 0 saturated carbocycles. The van der Waals surface area contributed by atoms with Crippen molar-refractivity contribution in [1.82, 2.24) is 19.7 Å². The van der Waals surface area contributed by atoms with E-state index in [1.165, 1.54) is 35.9 Å². The first-order valence-electron chi connectivity index (χ1n) is 10.7. The minimum Gasteiger partial charge on any atom is -0.336 e. The smallest absolute Gasteiger partial charge is 0.328 e. The molecule has 4 rings (SSSR count). The maximum atomic E-state index is 13.6. The van der Waals surface area contributed by atoms with Gasteiger partial charge >= 0.3 is 6.03 Å². The Kier molecular flexibility index (Phi) is 6.29. The number of carbonyl (C=O) groups excluding carboxylic acids is 4. The molecule has 1 saturated heterocycles. The first-order valence-corrected chi connectivity index (χ1v) is 10.7. The van der Waals surface area contributed by atoms with Gasteiger partial charge in [0.15, 0.2) is 23.8 Å². The maximum Gasteiger partial charge on any atom is 0.328 e. The van der Waals surface area contributed by atoms with E-state index in [1.54, 1.807) is 19.1 Å². The van der Waals surface area contributed by atoms with Crippen LogP contribution in [-0.4, -0.2) is 81.5 Å². The molecule has 3 heterocycles. The van der Waals surface area contributed by atoms with Gasteiger partial charge in [0.2, 0.25) is 5.91 Å². The van der Waals surface area contributed by atoms with Crippen molar-refractivity contribution in [3.8, 4) is 11.3 Å². The predicted octanol–water partition coefficient (Wildman–Crippen LogP) is 1.88. The monoisotopic (exact) mass is 484 g/mol. The SMILES string of the molecule is CC(=O)CN1C(=O)C2C(N=C(C)N2CC(=O)Nc2cccc(-c3ccc(F)c(F)c3)n2)N(C)C1=O. The number of likely N-dealkylation sites (N-methyl/N-ethyl adjacent to an activating group) is 1. The lowest BCUT2D eigenvalue weighted by Crippen LogP contribution is -2.66. The van der Waals surface area contributed by atoms with Crippen LogP contribution in [0.3, 0.4) is 0 Å². The van der Waals surface area contributed by atoms with Gasteiger partial charge in [0.05, 0.1) is 24.6 Å². The molecule has 2 atom stereocenters. The van der Waals surface area contributed by atoms with Crippen molar-refractivity contribution < 1.29 is 28.0 Å². The Morgan fingerprint density at radius 2 is 1.83 bits per heavy atom. The number of amides is 4. The highest BCUT2D eigenvalue weighted by molar-refractivity contribution is 6.06. The normalized spacial score (nSPS) is 19.6. The van der Waals surface area contributed by atoms with Crippen molar-refractivity contribution in [3.63, 3.8) is 0 Å². The fourth-order valence-electron chi connectivity index (χ4n) is 4.05. The molecule has 10 nitrogen and oxygen atoms in total. The average Bonchev–Trinajstić information content (AvgIpc) is 3.13. The van der Waals surface area contributed by atoms with E-state index in [0.717, 1.165) is 17.0 Å². The molecule has 0 radical (unpaired) electrons. The average molecular weight is 484 g/mol. The third-order valence-corrected chi connectivity index (χ3v) is 5.73. The number of nitrogens with one attached hydrogen (secondary N) is 1. The summed E-state index contributed by atoms with van der Waals surface area (Å²) in [5.74, 6) is -2.92. The van der Waals surface area contributed by atoms with Crippen molar-refractivity contribution in [3.05, 3.63) is 48.0 Å². The summed E-state index contributed by atoms with van der Waals surface area (Å²) in [5.41, 5.74) is 0.652. The van der Waals surface area contributed by atoms with E-state index in [-0.39, 0.29) is 24.7 Å². The number of urea groups is 1. The van der Waals surface area contributed by atoms with Crippen molar-refractivity contribution in [2.75, 3.05) is 25.5 Å². The summed E-state index contributed by atoms with van der Waals surface area (Å²) < 4.78 is 26.8. The second-order valence-electron chi connectivity index (χ2n) is 8.27. The summed E-state index contributed by atoms with van der Waals surface area (Å²) in [5, 5.41) is 2.63. The van der Waals surface area contributed by atoms with Gasteiger partial charge in [-0.25, -0.2) is 23.6 Å². The lowest BCUT2D eigenvalue weighted by Gasteiger charge is -2.40. The standard InChI is InChI=1S/C23H22F2N6O4/c1-12(32)10-31-22(34)20-21(29(3)23(31)35)26-13(2)30(20)11-19(33)28-18-6-4-5-17(27-18)14-7-8-15(24)16(25)9-14/h4-9,20-21H,10-11H2,1-3H3,(H,27,28,33). The zero-order valence-corrected chi connectivity index (χ0v) is 19.2. The Balaban J connectivity index is 1.50. The number of aromatic nitrogens is 1. The highest BCUT2D eigenvalue weighted by Gasteiger charge is 2.51. The van der Waals surface area contributed by atoms with E-state index >= 15 is 0 Å². The number of anilines is 1. The van der Waals surface area contributed by atoms with Gasteiger partial charge in [-0.1, -0.05) is 6.07 Å². The van der Waals surface area contributed by atoms with Crippen LogP contribution in [0.1, 0.15) is 13.8 Å². The second-order valence-corrected chi connectivity index (χ2v) is 8.27. The van der Waals surface area contributed by atoms with Crippen LogP contribution in [0.4, 0.5) is 19.4 Å². The van der Waals surface area contributed by atoms with Crippen molar-refractivity contribution >= 4 is 35.3 Å². The van der Waals surface area contributed by atoms with Crippen LogP contribution in [0, 0.1) is 11.6 Å². The molecule has 2 aliphatic heterocycles. The van der Waals surface area contributed by atoms with E-state index in [9.17, 15) is 28.0 Å². The van der Waals surface area contributed by atoms with Crippen LogP contribution in [0.2, 0.25) is 0 Å². The first-order chi connectivity index (χ1) is 16.6. The van der Waals surface area contributed by atoms with Crippen LogP contribution in [0.25, 0.3) is 11.3 Å². The van der Waals surface area contributed by atoms with E-state index in [1.807, 2.05) is 0 Å². The Morgan fingerprint density at radius 3 is 2.51 bits per heavy atom. The Bertz CT molecular complexity index is 1270. The van der Waals surface area contributed by atoms with Crippen molar-refractivity contribution in [2.24, 2.45) is 4.99 Å². The molecule has 182 valence electrons. The number of rotatable bonds is 6. The molecule has 4 amide bonds. The van der Waals surface area contributed by atoms with Gasteiger partial charge < -0.3 is 15.1 Å². The molecular weight excluding hydrogens is 462 g/mol. The Labute approximate surface area is 199 Å². The van der Waals surface area contributed by atoms with E-state index in [2.05, 4.69) is 15.3 Å². The Morgan fingerprint density at radius 1 is 1.09 bits per heavy atom. The number of benzene rings is 1. The number of amidine groups is 1. The van der Waals surface area contributed by atoms with Gasteiger partial charge in [0, 0.05) is 12.6 Å². The molecule has 0 spiro atoms. The molecule has 0 bridgehead atoms. The molecule has 1 fully saturated rings. The Hall–Kier alpha value is -4.22. The quantitative estimate of drug-likeness (QED) is 0.670. The topological polar surface area (TPSA) is 115 Å². The summed E-state index contributed by atoms with van der Waals surface area (Å²) in [6.07, 6.45) is -0.819. The maximum absolute atomic E-state index is 13.6. The number of fused-ring (bicyclic) bond motifs is 1. The predicted molar refractivity (Wildman–Crippen MR) is 121 cm³/mol. The third kappa shape index (κ3) is 4.59. The fraction of sp³-hybridized carbons (Fsp3) is 0.304. The van der Waals surface area contributed by atoms with Gasteiger partial charge in [-0.15, -0.1) is 0 Å². The van der Waals surface area contributed by atoms with Crippen molar-refractivity contribution in [2.45, 2.75) is 26.1 Å². The van der Waals surface area contributed by atoms with Crippen LogP contribution in [0.5, 0.6) is 0 Å². The highest BCUT2D eigenvalue weighted by Crippen LogP contribution is 2.28. The van der Waals surface area contributed by atoms with E-state index in [0.29, 0.717) is 17.1 Å². The zero-order chi connectivity index (χ0) is 25.4. The number of aliphatic imine (C=N–C) groups is 1. The number of halogens is 2. The molecule has 2 aromatic rings. The number of nitrogens with zero attached hydrogens (tertiary/aromatic N) is 5. The number of imide groups is 1. The number of carbonyl (C=O) groups is 4. The lowest BCUT2D eigenvalue weighted by atomic mass is 10.1. The second kappa shape index (κ2) is 9.20. The van der Waals surface area contributed by atoms with E-state index in [4.69, 9.17) is 0 Å². The van der Waals surface area contributed by atoms with Crippen LogP contribution in [-0.2, 0) is 14.4 Å². The van der Waals surface area contributed by atoms with Crippen molar-refractivity contribution in [1.29, 1.82) is 0 Å². The van der Waals surface area contributed by atoms with Gasteiger partial charge in [-0.3, -0.25) is 19.3 Å². The van der Waals surface area contributed by atoms with Gasteiger partial charge in [-0.05, 0) is 44.2 Å². The van der Waals surface area contributed by atoms with Crippen LogP contribution in [0.15, 0.2) is 41.4 Å². The molecule has 35 heavy (non-hydrogen) atoms. The number of hydrogen-bond donors (Lipinski definition) is 1. The zero-order valence-electron chi connectivity index (χ0n) is 19.2. The minimum absolute atomic E-state index is 0.169. The van der Waals surface area contributed by atoms with Crippen LogP contribution >= 0.6 is 0 Å².